The van der Waals surface area contributed by atoms with Gasteiger partial charge in [-0.15, -0.1) is 0 Å². The lowest BCUT2D eigenvalue weighted by Gasteiger charge is -2.13. The summed E-state index contributed by atoms with van der Waals surface area (Å²) in [5.41, 5.74) is 2.50. The predicted molar refractivity (Wildman–Crippen MR) is 87.0 cm³/mol. The van der Waals surface area contributed by atoms with E-state index < -0.39 is 17.6 Å². The van der Waals surface area contributed by atoms with Gasteiger partial charge in [-0.25, -0.2) is 8.78 Å². The van der Waals surface area contributed by atoms with Crippen LogP contribution in [0.1, 0.15) is 29.2 Å². The third-order valence-electron chi connectivity index (χ3n) is 3.92. The molecular weight excluding hydrogens is 314 g/mol. The van der Waals surface area contributed by atoms with E-state index in [1.807, 2.05) is 13.8 Å². The normalized spacial score (nSPS) is 10.5. The summed E-state index contributed by atoms with van der Waals surface area (Å²) in [7, 11) is 1.27. The molecule has 0 radical (unpaired) electrons. The highest BCUT2D eigenvalue weighted by Gasteiger charge is 2.14. The number of ether oxygens (including phenoxy) is 2. The standard InChI is InChI=1S/C19H20F2O3/c1-4-13-9-17(21)18(8-12(13)2)24-11-15-14(10-19(22)23-3)6-5-7-16(15)20/h5-9H,4,10-11H2,1-3H3. The number of methoxy groups -OCH3 is 1. The van der Waals surface area contributed by atoms with Gasteiger partial charge < -0.3 is 9.47 Å². The summed E-state index contributed by atoms with van der Waals surface area (Å²) in [6.45, 7) is 3.65. The maximum Gasteiger partial charge on any atom is 0.309 e. The molecule has 0 unspecified atom stereocenters. The number of carbonyl (C=O) groups is 1. The van der Waals surface area contributed by atoms with Crippen molar-refractivity contribution in [2.75, 3.05) is 7.11 Å². The first kappa shape index (κ1) is 17.9. The summed E-state index contributed by atoms with van der Waals surface area (Å²) >= 11 is 0. The highest BCUT2D eigenvalue weighted by molar-refractivity contribution is 5.72. The van der Waals surface area contributed by atoms with Crippen molar-refractivity contribution in [3.8, 4) is 5.75 Å². The van der Waals surface area contributed by atoms with E-state index in [1.54, 1.807) is 12.1 Å². The van der Waals surface area contributed by atoms with Crippen LogP contribution in [-0.4, -0.2) is 13.1 Å². The molecule has 0 atom stereocenters. The molecule has 0 aliphatic carbocycles. The Kier molecular flexibility index (Phi) is 5.90. The summed E-state index contributed by atoms with van der Waals surface area (Å²) in [5.74, 6) is -1.39. The molecular formula is C19H20F2O3. The van der Waals surface area contributed by atoms with Crippen LogP contribution in [0.4, 0.5) is 8.78 Å². The van der Waals surface area contributed by atoms with E-state index in [1.165, 1.54) is 25.3 Å². The fourth-order valence-electron chi connectivity index (χ4n) is 2.50. The number of hydrogen-bond donors (Lipinski definition) is 0. The van der Waals surface area contributed by atoms with Gasteiger partial charge in [-0.3, -0.25) is 4.79 Å². The van der Waals surface area contributed by atoms with Crippen molar-refractivity contribution < 1.29 is 23.0 Å². The first-order chi connectivity index (χ1) is 11.5. The predicted octanol–water partition coefficient (Wildman–Crippen LogP) is 4.13. The summed E-state index contributed by atoms with van der Waals surface area (Å²) in [5, 5.41) is 0. The van der Waals surface area contributed by atoms with Gasteiger partial charge in [0.15, 0.2) is 11.6 Å². The third kappa shape index (κ3) is 4.10. The van der Waals surface area contributed by atoms with Crippen LogP contribution >= 0.6 is 0 Å². The van der Waals surface area contributed by atoms with E-state index in [0.29, 0.717) is 5.56 Å². The summed E-state index contributed by atoms with van der Waals surface area (Å²) < 4.78 is 38.3. The van der Waals surface area contributed by atoms with Crippen molar-refractivity contribution in [3.63, 3.8) is 0 Å². The fourth-order valence-corrected chi connectivity index (χ4v) is 2.50. The van der Waals surface area contributed by atoms with Crippen molar-refractivity contribution >= 4 is 5.97 Å². The van der Waals surface area contributed by atoms with Crippen LogP contribution < -0.4 is 4.74 Å². The Morgan fingerprint density at radius 2 is 1.88 bits per heavy atom. The molecule has 0 saturated carbocycles. The second-order valence-electron chi connectivity index (χ2n) is 5.48. The molecule has 0 fully saturated rings. The van der Waals surface area contributed by atoms with Crippen LogP contribution in [-0.2, 0) is 29.0 Å². The van der Waals surface area contributed by atoms with Gasteiger partial charge in [-0.1, -0.05) is 19.1 Å². The molecule has 2 rings (SSSR count). The minimum atomic E-state index is -0.501. The number of carbonyl (C=O) groups excluding carboxylic acids is 1. The van der Waals surface area contributed by atoms with Crippen LogP contribution in [0.15, 0.2) is 30.3 Å². The van der Waals surface area contributed by atoms with Gasteiger partial charge >= 0.3 is 5.97 Å². The van der Waals surface area contributed by atoms with Crippen LogP contribution in [0.3, 0.4) is 0 Å². The minimum Gasteiger partial charge on any atom is -0.486 e. The molecule has 0 aliphatic rings. The fraction of sp³-hybridized carbons (Fsp3) is 0.316. The molecule has 2 aromatic rings. The van der Waals surface area contributed by atoms with Gasteiger partial charge in [0.1, 0.15) is 12.4 Å². The number of hydrogen-bond acceptors (Lipinski definition) is 3. The first-order valence-electron chi connectivity index (χ1n) is 7.71. The number of rotatable bonds is 6. The Balaban J connectivity index is 2.23. The molecule has 0 saturated heterocycles. The molecule has 0 N–H and O–H groups in total. The highest BCUT2D eigenvalue weighted by atomic mass is 19.1. The molecule has 0 aromatic heterocycles. The summed E-state index contributed by atoms with van der Waals surface area (Å²) in [6, 6.07) is 7.45. The summed E-state index contributed by atoms with van der Waals surface area (Å²) in [4.78, 5) is 11.4. The lowest BCUT2D eigenvalue weighted by Crippen LogP contribution is -2.10. The van der Waals surface area contributed by atoms with Crippen LogP contribution in [0.2, 0.25) is 0 Å². The first-order valence-corrected chi connectivity index (χ1v) is 7.71. The van der Waals surface area contributed by atoms with Gasteiger partial charge in [-0.05, 0) is 48.2 Å². The van der Waals surface area contributed by atoms with Crippen LogP contribution in [0, 0.1) is 18.6 Å². The number of esters is 1. The zero-order valence-electron chi connectivity index (χ0n) is 14.0. The third-order valence-corrected chi connectivity index (χ3v) is 3.92. The van der Waals surface area contributed by atoms with Gasteiger partial charge in [0, 0.05) is 5.56 Å². The van der Waals surface area contributed by atoms with E-state index in [-0.39, 0.29) is 24.3 Å². The molecule has 2 aromatic carbocycles. The maximum atomic E-state index is 14.1. The summed E-state index contributed by atoms with van der Waals surface area (Å²) in [6.07, 6.45) is 0.656. The Bertz CT molecular complexity index is 742. The zero-order valence-corrected chi connectivity index (χ0v) is 14.0. The Morgan fingerprint density at radius 1 is 1.12 bits per heavy atom. The van der Waals surface area contributed by atoms with Gasteiger partial charge in [-0.2, -0.15) is 0 Å². The van der Waals surface area contributed by atoms with Gasteiger partial charge in [0.05, 0.1) is 13.5 Å². The van der Waals surface area contributed by atoms with Crippen LogP contribution in [0.25, 0.3) is 0 Å². The quantitative estimate of drug-likeness (QED) is 0.745. The maximum absolute atomic E-state index is 14.1. The number of halogens is 2. The van der Waals surface area contributed by atoms with E-state index in [2.05, 4.69) is 4.74 Å². The van der Waals surface area contributed by atoms with Crippen molar-refractivity contribution in [1.29, 1.82) is 0 Å². The monoisotopic (exact) mass is 334 g/mol. The smallest absolute Gasteiger partial charge is 0.309 e. The van der Waals surface area contributed by atoms with Crippen LogP contribution in [0.5, 0.6) is 5.75 Å². The van der Waals surface area contributed by atoms with Gasteiger partial charge in [0.2, 0.25) is 0 Å². The number of aryl methyl sites for hydroxylation is 2. The Morgan fingerprint density at radius 3 is 2.54 bits per heavy atom. The van der Waals surface area contributed by atoms with Crippen molar-refractivity contribution in [3.05, 3.63) is 64.2 Å². The SMILES string of the molecule is CCc1cc(F)c(OCc2c(F)cccc2CC(=O)OC)cc1C. The zero-order chi connectivity index (χ0) is 17.7. The molecule has 5 heteroatoms. The second kappa shape index (κ2) is 7.90. The molecule has 128 valence electrons. The number of benzene rings is 2. The topological polar surface area (TPSA) is 35.5 Å². The Hall–Kier alpha value is -2.43. The van der Waals surface area contributed by atoms with Gasteiger partial charge in [0.25, 0.3) is 0 Å². The molecule has 0 spiro atoms. The average Bonchev–Trinajstić information content (AvgIpc) is 2.56. The van der Waals surface area contributed by atoms with Crippen molar-refractivity contribution in [2.24, 2.45) is 0 Å². The average molecular weight is 334 g/mol. The van der Waals surface area contributed by atoms with E-state index in [9.17, 15) is 13.6 Å². The highest BCUT2D eigenvalue weighted by Crippen LogP contribution is 2.25. The Labute approximate surface area is 140 Å². The molecule has 24 heavy (non-hydrogen) atoms. The second-order valence-corrected chi connectivity index (χ2v) is 5.48. The van der Waals surface area contributed by atoms with E-state index in [4.69, 9.17) is 4.74 Å². The lowest BCUT2D eigenvalue weighted by molar-refractivity contribution is -0.139. The molecule has 0 bridgehead atoms. The molecule has 0 heterocycles. The van der Waals surface area contributed by atoms with E-state index in [0.717, 1.165) is 17.5 Å². The molecule has 0 aliphatic heterocycles. The molecule has 3 nitrogen and oxygen atoms in total. The van der Waals surface area contributed by atoms with Crippen molar-refractivity contribution in [1.82, 2.24) is 0 Å². The minimum absolute atomic E-state index is 0.0662. The largest absolute Gasteiger partial charge is 0.486 e. The van der Waals surface area contributed by atoms with E-state index >= 15 is 0 Å². The lowest BCUT2D eigenvalue weighted by atomic mass is 10.0. The van der Waals surface area contributed by atoms with Crippen molar-refractivity contribution in [2.45, 2.75) is 33.3 Å². The molecule has 0 amide bonds.